The Morgan fingerprint density at radius 3 is 2.48 bits per heavy atom. The fraction of sp³-hybridized carbons (Fsp3) is 0.571. The number of sulfone groups is 1. The molecule has 0 saturated carbocycles. The van der Waals surface area contributed by atoms with Gasteiger partial charge in [0.05, 0.1) is 23.6 Å². The van der Waals surface area contributed by atoms with E-state index in [1.165, 1.54) is 29.5 Å². The Hall–Kier alpha value is -1.56. The maximum absolute atomic E-state index is 12.7. The van der Waals surface area contributed by atoms with Crippen LogP contribution in [-0.2, 0) is 20.0 Å². The zero-order valence-electron chi connectivity index (χ0n) is 13.9. The van der Waals surface area contributed by atoms with E-state index in [0.29, 0.717) is 0 Å². The molecule has 0 aliphatic carbocycles. The molecule has 2 atom stereocenters. The summed E-state index contributed by atoms with van der Waals surface area (Å²) in [4.78, 5) is 18.2. The van der Waals surface area contributed by atoms with Gasteiger partial charge < -0.3 is 4.90 Å². The number of hydrogen-bond donors (Lipinski definition) is 0. The first-order chi connectivity index (χ1) is 11.6. The largest absolute Gasteiger partial charge is 0.330 e. The van der Waals surface area contributed by atoms with Crippen LogP contribution in [0.1, 0.15) is 10.5 Å². The number of nitrogens with zero attached hydrogens (tertiary/aromatic N) is 4. The van der Waals surface area contributed by atoms with Crippen LogP contribution in [0, 0.1) is 0 Å². The van der Waals surface area contributed by atoms with E-state index >= 15 is 0 Å². The Morgan fingerprint density at radius 2 is 1.88 bits per heavy atom. The van der Waals surface area contributed by atoms with E-state index in [9.17, 15) is 21.6 Å². The van der Waals surface area contributed by atoms with Crippen molar-refractivity contribution in [1.29, 1.82) is 0 Å². The van der Waals surface area contributed by atoms with Gasteiger partial charge in [-0.1, -0.05) is 6.07 Å². The summed E-state index contributed by atoms with van der Waals surface area (Å²) in [5, 5.41) is 0. The molecular weight excluding hydrogens is 368 g/mol. The highest BCUT2D eigenvalue weighted by Gasteiger charge is 2.51. The van der Waals surface area contributed by atoms with Gasteiger partial charge in [0.25, 0.3) is 16.1 Å². The molecule has 0 aromatic carbocycles. The Balaban J connectivity index is 1.95. The van der Waals surface area contributed by atoms with Gasteiger partial charge in [-0.3, -0.25) is 9.78 Å². The first-order valence-corrected chi connectivity index (χ1v) is 11.0. The molecule has 1 aromatic heterocycles. The van der Waals surface area contributed by atoms with Gasteiger partial charge in [-0.15, -0.1) is 0 Å². The molecule has 3 heterocycles. The number of piperazine rings is 1. The molecule has 2 aliphatic rings. The highest BCUT2D eigenvalue weighted by atomic mass is 32.2. The van der Waals surface area contributed by atoms with E-state index in [0.717, 1.165) is 4.31 Å². The van der Waals surface area contributed by atoms with Crippen molar-refractivity contribution in [3.05, 3.63) is 30.1 Å². The van der Waals surface area contributed by atoms with Crippen molar-refractivity contribution < 1.29 is 21.6 Å². The van der Waals surface area contributed by atoms with Crippen LogP contribution in [0.5, 0.6) is 0 Å². The summed E-state index contributed by atoms with van der Waals surface area (Å²) in [7, 11) is -4.40. The van der Waals surface area contributed by atoms with Crippen LogP contribution >= 0.6 is 0 Å². The molecule has 0 bridgehead atoms. The summed E-state index contributed by atoms with van der Waals surface area (Å²) in [6, 6.07) is 3.43. The molecule has 0 radical (unpaired) electrons. The van der Waals surface area contributed by atoms with Crippen LogP contribution in [0.3, 0.4) is 0 Å². The van der Waals surface area contributed by atoms with Crippen molar-refractivity contribution in [3.8, 4) is 0 Å². The van der Waals surface area contributed by atoms with Gasteiger partial charge in [0, 0.05) is 33.4 Å². The maximum atomic E-state index is 12.7. The Bertz CT molecular complexity index is 870. The number of hydrogen-bond acceptors (Lipinski definition) is 6. The minimum absolute atomic E-state index is 0.0514. The summed E-state index contributed by atoms with van der Waals surface area (Å²) in [6.07, 6.45) is 1.49. The van der Waals surface area contributed by atoms with Crippen LogP contribution in [0.15, 0.2) is 24.4 Å². The van der Waals surface area contributed by atoms with Crippen LogP contribution in [0.25, 0.3) is 0 Å². The molecule has 0 spiro atoms. The Morgan fingerprint density at radius 1 is 1.20 bits per heavy atom. The molecular formula is C14H20N4O5S2. The lowest BCUT2D eigenvalue weighted by molar-refractivity contribution is 0.0502. The number of carbonyl (C=O) groups is 1. The lowest BCUT2D eigenvalue weighted by Gasteiger charge is -2.43. The maximum Gasteiger partial charge on any atom is 0.281 e. The van der Waals surface area contributed by atoms with Crippen molar-refractivity contribution in [2.45, 2.75) is 12.1 Å². The van der Waals surface area contributed by atoms with Gasteiger partial charge in [-0.25, -0.2) is 8.42 Å². The smallest absolute Gasteiger partial charge is 0.281 e. The van der Waals surface area contributed by atoms with E-state index in [-0.39, 0.29) is 36.2 Å². The lowest BCUT2D eigenvalue weighted by atomic mass is 10.1. The van der Waals surface area contributed by atoms with Gasteiger partial charge in [0.2, 0.25) is 0 Å². The third-order valence-corrected chi connectivity index (χ3v) is 8.20. The lowest BCUT2D eigenvalue weighted by Crippen LogP contribution is -2.63. The van der Waals surface area contributed by atoms with Gasteiger partial charge in [0.15, 0.2) is 9.84 Å². The Labute approximate surface area is 147 Å². The third kappa shape index (κ3) is 3.28. The van der Waals surface area contributed by atoms with Gasteiger partial charge >= 0.3 is 0 Å². The predicted octanol–water partition coefficient (Wildman–Crippen LogP) is -1.19. The van der Waals surface area contributed by atoms with Crippen molar-refractivity contribution in [1.82, 2.24) is 18.5 Å². The van der Waals surface area contributed by atoms with Crippen LogP contribution in [0.2, 0.25) is 0 Å². The predicted molar refractivity (Wildman–Crippen MR) is 90.8 cm³/mol. The van der Waals surface area contributed by atoms with E-state index < -0.39 is 32.1 Å². The van der Waals surface area contributed by atoms with Gasteiger partial charge in [-0.05, 0) is 12.1 Å². The summed E-state index contributed by atoms with van der Waals surface area (Å²) in [5.41, 5.74) is 0.217. The van der Waals surface area contributed by atoms with Crippen LogP contribution in [0.4, 0.5) is 0 Å². The van der Waals surface area contributed by atoms with Crippen LogP contribution in [-0.4, -0.2) is 92.0 Å². The first-order valence-electron chi connectivity index (χ1n) is 7.75. The quantitative estimate of drug-likeness (QED) is 0.644. The zero-order chi connectivity index (χ0) is 18.4. The molecule has 1 amide bonds. The minimum atomic E-state index is -3.77. The summed E-state index contributed by atoms with van der Waals surface area (Å²) >= 11 is 0. The highest BCUT2D eigenvalue weighted by molar-refractivity contribution is 7.92. The normalized spacial score (nSPS) is 26.6. The van der Waals surface area contributed by atoms with E-state index in [4.69, 9.17) is 0 Å². The van der Waals surface area contributed by atoms with Crippen LogP contribution < -0.4 is 0 Å². The monoisotopic (exact) mass is 388 g/mol. The molecule has 138 valence electrons. The number of pyridine rings is 1. The molecule has 0 N–H and O–H groups in total. The number of carbonyl (C=O) groups excluding carboxylic acids is 1. The average Bonchev–Trinajstić information content (AvgIpc) is 2.88. The van der Waals surface area contributed by atoms with E-state index in [2.05, 4.69) is 4.98 Å². The fourth-order valence-corrected chi connectivity index (χ4v) is 6.67. The highest BCUT2D eigenvalue weighted by Crippen LogP contribution is 2.30. The molecule has 0 unspecified atom stereocenters. The number of rotatable bonds is 3. The van der Waals surface area contributed by atoms with Gasteiger partial charge in [0.1, 0.15) is 5.69 Å². The topological polar surface area (TPSA) is 108 Å². The Kier molecular flexibility index (Phi) is 4.60. The second-order valence-electron chi connectivity index (χ2n) is 6.33. The van der Waals surface area contributed by atoms with E-state index in [1.54, 1.807) is 18.2 Å². The van der Waals surface area contributed by atoms with Crippen molar-refractivity contribution in [2.75, 3.05) is 38.7 Å². The molecule has 2 fully saturated rings. The fourth-order valence-electron chi connectivity index (χ4n) is 3.31. The molecule has 2 aliphatic heterocycles. The second kappa shape index (κ2) is 6.31. The first kappa shape index (κ1) is 18.2. The molecule has 1 aromatic rings. The van der Waals surface area contributed by atoms with Crippen molar-refractivity contribution >= 4 is 26.0 Å². The molecule has 11 heteroatoms. The third-order valence-electron chi connectivity index (χ3n) is 4.53. The molecule has 25 heavy (non-hydrogen) atoms. The average molecular weight is 388 g/mol. The summed E-state index contributed by atoms with van der Waals surface area (Å²) in [6.45, 7) is 0.176. The summed E-state index contributed by atoms with van der Waals surface area (Å²) in [5.74, 6) is -0.901. The second-order valence-corrected chi connectivity index (χ2v) is 10.6. The molecule has 9 nitrogen and oxygen atoms in total. The zero-order valence-corrected chi connectivity index (χ0v) is 15.6. The van der Waals surface area contributed by atoms with E-state index in [1.807, 2.05) is 0 Å². The van der Waals surface area contributed by atoms with Crippen molar-refractivity contribution in [3.63, 3.8) is 0 Å². The van der Waals surface area contributed by atoms with Gasteiger partial charge in [-0.2, -0.15) is 17.0 Å². The SMILES string of the molecule is CN(C)S(=O)(=O)N1CCN(C(=O)c2ccccn2)[C@@H]2CS(=O)(=O)C[C@@H]21. The standard InChI is InChI=1S/C14H20N4O5S2/c1-16(2)25(22,23)18-8-7-17(12-9-24(20,21)10-13(12)18)14(19)11-5-3-4-6-15-11/h3-6,12-13H,7-10H2,1-2H3/t12-,13+/m1/s1. The molecule has 2 saturated heterocycles. The minimum Gasteiger partial charge on any atom is -0.330 e. The number of amides is 1. The summed E-state index contributed by atoms with van der Waals surface area (Å²) < 4.78 is 51.6. The van der Waals surface area contributed by atoms with Crippen molar-refractivity contribution in [2.24, 2.45) is 0 Å². The number of aromatic nitrogens is 1. The number of fused-ring (bicyclic) bond motifs is 1. The molecule has 3 rings (SSSR count).